The largest absolute Gasteiger partial charge is 0.493 e. The minimum atomic E-state index is -0.430. The van der Waals surface area contributed by atoms with Gasteiger partial charge in [-0.3, -0.25) is 0 Å². The highest BCUT2D eigenvalue weighted by Crippen LogP contribution is 2.18. The first-order chi connectivity index (χ1) is 11.2. The zero-order chi connectivity index (χ0) is 16.5. The van der Waals surface area contributed by atoms with Crippen molar-refractivity contribution in [3.8, 4) is 11.8 Å². The molecular weight excluding hydrogens is 290 g/mol. The smallest absolute Gasteiger partial charge is 0.331 e. The summed E-state index contributed by atoms with van der Waals surface area (Å²) in [7, 11) is 0. The fourth-order valence-electron chi connectivity index (χ4n) is 1.95. The number of nitrogens with zero attached hydrogens (tertiary/aromatic N) is 1. The first kappa shape index (κ1) is 16.3. The van der Waals surface area contributed by atoms with Crippen molar-refractivity contribution in [2.75, 3.05) is 6.61 Å². The molecule has 0 heterocycles. The summed E-state index contributed by atoms with van der Waals surface area (Å²) in [5.74, 6) is 0.291. The van der Waals surface area contributed by atoms with Gasteiger partial charge in [-0.1, -0.05) is 30.3 Å². The van der Waals surface area contributed by atoms with E-state index < -0.39 is 5.97 Å². The molecule has 4 heteroatoms. The Kier molecular flexibility index (Phi) is 5.96. The van der Waals surface area contributed by atoms with E-state index in [0.717, 1.165) is 16.9 Å². The number of hydrogen-bond acceptors (Lipinski definition) is 4. The van der Waals surface area contributed by atoms with Gasteiger partial charge in [0, 0.05) is 11.6 Å². The highest BCUT2D eigenvalue weighted by molar-refractivity contribution is 5.87. The molecule has 116 valence electrons. The Morgan fingerprint density at radius 2 is 1.91 bits per heavy atom. The molecule has 2 rings (SSSR count). The van der Waals surface area contributed by atoms with Crippen LogP contribution in [0.4, 0.5) is 0 Å². The predicted molar refractivity (Wildman–Crippen MR) is 87.6 cm³/mol. The highest BCUT2D eigenvalue weighted by atomic mass is 16.5. The summed E-state index contributed by atoms with van der Waals surface area (Å²) < 4.78 is 10.7. The van der Waals surface area contributed by atoms with E-state index in [9.17, 15) is 4.79 Å². The van der Waals surface area contributed by atoms with Crippen LogP contribution in [0, 0.1) is 11.3 Å². The van der Waals surface area contributed by atoms with Gasteiger partial charge in [0.05, 0.1) is 18.2 Å². The number of nitriles is 1. The standard InChI is InChI=1S/C19H17NO3/c1-2-22-18-6-4-3-5-17(18)14-23-19(21)12-11-15-7-9-16(13-20)10-8-15/h3-12H,2,14H2,1H3/b12-11+. The maximum absolute atomic E-state index is 11.8. The van der Waals surface area contributed by atoms with Crippen molar-refractivity contribution >= 4 is 12.0 Å². The van der Waals surface area contributed by atoms with Crippen LogP contribution < -0.4 is 4.74 Å². The van der Waals surface area contributed by atoms with Gasteiger partial charge in [-0.15, -0.1) is 0 Å². The zero-order valence-corrected chi connectivity index (χ0v) is 12.9. The number of ether oxygens (including phenoxy) is 2. The van der Waals surface area contributed by atoms with Gasteiger partial charge in [0.2, 0.25) is 0 Å². The first-order valence-electron chi connectivity index (χ1n) is 7.28. The summed E-state index contributed by atoms with van der Waals surface area (Å²) in [6.45, 7) is 2.62. The van der Waals surface area contributed by atoms with Crippen LogP contribution in [0.1, 0.15) is 23.6 Å². The van der Waals surface area contributed by atoms with Gasteiger partial charge in [0.25, 0.3) is 0 Å². The Labute approximate surface area is 135 Å². The second-order valence-corrected chi connectivity index (χ2v) is 4.72. The summed E-state index contributed by atoms with van der Waals surface area (Å²) in [5.41, 5.74) is 2.24. The first-order valence-corrected chi connectivity index (χ1v) is 7.28. The molecular formula is C19H17NO3. The van der Waals surface area contributed by atoms with E-state index in [1.165, 1.54) is 6.08 Å². The third kappa shape index (κ3) is 5.01. The average molecular weight is 307 g/mol. The molecule has 0 aromatic heterocycles. The van der Waals surface area contributed by atoms with Gasteiger partial charge >= 0.3 is 5.97 Å². The number of hydrogen-bond donors (Lipinski definition) is 0. The van der Waals surface area contributed by atoms with Crippen molar-refractivity contribution in [1.82, 2.24) is 0 Å². The normalized spacial score (nSPS) is 10.3. The van der Waals surface area contributed by atoms with E-state index in [1.54, 1.807) is 30.3 Å². The molecule has 0 spiro atoms. The van der Waals surface area contributed by atoms with Crippen molar-refractivity contribution in [3.05, 3.63) is 71.3 Å². The fraction of sp³-hybridized carbons (Fsp3) is 0.158. The number of carbonyl (C=O) groups excluding carboxylic acids is 1. The van der Waals surface area contributed by atoms with E-state index in [0.29, 0.717) is 12.2 Å². The van der Waals surface area contributed by atoms with Gasteiger partial charge in [0.15, 0.2) is 0 Å². The summed E-state index contributed by atoms with van der Waals surface area (Å²) in [4.78, 5) is 11.8. The van der Waals surface area contributed by atoms with Crippen molar-refractivity contribution in [2.45, 2.75) is 13.5 Å². The third-order valence-electron chi connectivity index (χ3n) is 3.09. The number of esters is 1. The minimum absolute atomic E-state index is 0.159. The molecule has 0 aliphatic carbocycles. The highest BCUT2D eigenvalue weighted by Gasteiger charge is 2.05. The second kappa shape index (κ2) is 8.40. The van der Waals surface area contributed by atoms with E-state index in [2.05, 4.69) is 0 Å². The van der Waals surface area contributed by atoms with Crippen LogP contribution in [-0.2, 0) is 16.1 Å². The monoisotopic (exact) mass is 307 g/mol. The maximum atomic E-state index is 11.8. The van der Waals surface area contributed by atoms with E-state index in [4.69, 9.17) is 14.7 Å². The molecule has 0 N–H and O–H groups in total. The van der Waals surface area contributed by atoms with Gasteiger partial charge in [-0.25, -0.2) is 4.79 Å². The molecule has 0 unspecified atom stereocenters. The lowest BCUT2D eigenvalue weighted by Crippen LogP contribution is -2.03. The van der Waals surface area contributed by atoms with Gasteiger partial charge < -0.3 is 9.47 Å². The maximum Gasteiger partial charge on any atom is 0.331 e. The Morgan fingerprint density at radius 1 is 1.17 bits per heavy atom. The summed E-state index contributed by atoms with van der Waals surface area (Å²) >= 11 is 0. The van der Waals surface area contributed by atoms with E-state index in [1.807, 2.05) is 37.3 Å². The van der Waals surface area contributed by atoms with Crippen molar-refractivity contribution in [1.29, 1.82) is 5.26 Å². The molecule has 4 nitrogen and oxygen atoms in total. The lowest BCUT2D eigenvalue weighted by Gasteiger charge is -2.09. The number of para-hydroxylation sites is 1. The quantitative estimate of drug-likeness (QED) is 0.603. The Balaban J connectivity index is 1.92. The molecule has 0 amide bonds. The molecule has 23 heavy (non-hydrogen) atoms. The van der Waals surface area contributed by atoms with Crippen LogP contribution in [-0.4, -0.2) is 12.6 Å². The van der Waals surface area contributed by atoms with Gasteiger partial charge in [0.1, 0.15) is 12.4 Å². The number of rotatable bonds is 6. The van der Waals surface area contributed by atoms with Crippen LogP contribution in [0.15, 0.2) is 54.6 Å². The number of carbonyl (C=O) groups is 1. The van der Waals surface area contributed by atoms with Crippen molar-refractivity contribution in [3.63, 3.8) is 0 Å². The summed E-state index contributed by atoms with van der Waals surface area (Å²) in [6, 6.07) is 16.4. The molecule has 0 radical (unpaired) electrons. The summed E-state index contributed by atoms with van der Waals surface area (Å²) in [5, 5.41) is 8.73. The molecule has 0 aliphatic rings. The Bertz CT molecular complexity index is 727. The molecule has 2 aromatic rings. The average Bonchev–Trinajstić information content (AvgIpc) is 2.60. The van der Waals surface area contributed by atoms with Gasteiger partial charge in [-0.05, 0) is 36.8 Å². The third-order valence-corrected chi connectivity index (χ3v) is 3.09. The van der Waals surface area contributed by atoms with Crippen LogP contribution in [0.25, 0.3) is 6.08 Å². The summed E-state index contributed by atoms with van der Waals surface area (Å²) in [6.07, 6.45) is 3.02. The van der Waals surface area contributed by atoms with Crippen molar-refractivity contribution in [2.24, 2.45) is 0 Å². The van der Waals surface area contributed by atoms with E-state index >= 15 is 0 Å². The molecule has 0 aliphatic heterocycles. The predicted octanol–water partition coefficient (Wildman–Crippen LogP) is 3.71. The minimum Gasteiger partial charge on any atom is -0.493 e. The van der Waals surface area contributed by atoms with Crippen LogP contribution in [0.5, 0.6) is 5.75 Å². The van der Waals surface area contributed by atoms with Crippen molar-refractivity contribution < 1.29 is 14.3 Å². The van der Waals surface area contributed by atoms with E-state index in [-0.39, 0.29) is 6.61 Å². The Hall–Kier alpha value is -3.06. The topological polar surface area (TPSA) is 59.3 Å². The molecule has 0 saturated heterocycles. The van der Waals surface area contributed by atoms with Crippen LogP contribution in [0.2, 0.25) is 0 Å². The van der Waals surface area contributed by atoms with Crippen LogP contribution >= 0.6 is 0 Å². The Morgan fingerprint density at radius 3 is 2.61 bits per heavy atom. The molecule has 0 saturated carbocycles. The lowest BCUT2D eigenvalue weighted by atomic mass is 10.1. The molecule has 0 bridgehead atoms. The second-order valence-electron chi connectivity index (χ2n) is 4.72. The number of benzene rings is 2. The SMILES string of the molecule is CCOc1ccccc1COC(=O)/C=C/c1ccc(C#N)cc1. The lowest BCUT2D eigenvalue weighted by molar-refractivity contribution is -0.138. The molecule has 2 aromatic carbocycles. The fourth-order valence-corrected chi connectivity index (χ4v) is 1.95. The molecule has 0 atom stereocenters. The zero-order valence-electron chi connectivity index (χ0n) is 12.9. The van der Waals surface area contributed by atoms with Gasteiger partial charge in [-0.2, -0.15) is 5.26 Å². The molecule has 0 fully saturated rings. The van der Waals surface area contributed by atoms with Crippen LogP contribution in [0.3, 0.4) is 0 Å².